The van der Waals surface area contributed by atoms with Gasteiger partial charge in [0.15, 0.2) is 0 Å². The summed E-state index contributed by atoms with van der Waals surface area (Å²) >= 11 is 0. The van der Waals surface area contributed by atoms with Crippen molar-refractivity contribution in [2.45, 2.75) is 44.8 Å². The summed E-state index contributed by atoms with van der Waals surface area (Å²) in [7, 11) is 0. The van der Waals surface area contributed by atoms with Crippen LogP contribution in [0.3, 0.4) is 0 Å². The Morgan fingerprint density at radius 3 is 2.92 bits per heavy atom. The first-order valence-corrected chi connectivity index (χ1v) is 5.44. The van der Waals surface area contributed by atoms with Crippen LogP contribution in [0.5, 0.6) is 0 Å². The molecule has 2 nitrogen and oxygen atoms in total. The third-order valence-electron chi connectivity index (χ3n) is 3.20. The van der Waals surface area contributed by atoms with E-state index < -0.39 is 0 Å². The molecular formula is C11H19NO. The van der Waals surface area contributed by atoms with Crippen molar-refractivity contribution in [3.05, 3.63) is 12.3 Å². The Morgan fingerprint density at radius 2 is 2.38 bits per heavy atom. The van der Waals surface area contributed by atoms with Crippen LogP contribution >= 0.6 is 0 Å². The Hall–Kier alpha value is -0.500. The number of nitrogens with zero attached hydrogens (tertiary/aromatic N) is 1. The van der Waals surface area contributed by atoms with E-state index in [-0.39, 0.29) is 0 Å². The number of hydrogen-bond acceptors (Lipinski definition) is 2. The fraction of sp³-hybridized carbons (Fsp3) is 0.818. The van der Waals surface area contributed by atoms with Crippen LogP contribution in [0.4, 0.5) is 0 Å². The fourth-order valence-corrected chi connectivity index (χ4v) is 2.18. The lowest BCUT2D eigenvalue weighted by atomic mass is 9.99. The molecule has 2 aliphatic rings. The van der Waals surface area contributed by atoms with Gasteiger partial charge < -0.3 is 4.74 Å². The molecule has 0 spiro atoms. The maximum absolute atomic E-state index is 5.55. The van der Waals surface area contributed by atoms with Crippen molar-refractivity contribution >= 4 is 0 Å². The van der Waals surface area contributed by atoms with E-state index in [0.29, 0.717) is 6.10 Å². The Balaban J connectivity index is 1.74. The summed E-state index contributed by atoms with van der Waals surface area (Å²) in [4.78, 5) is 2.56. The van der Waals surface area contributed by atoms with E-state index in [4.69, 9.17) is 4.74 Å². The second-order valence-corrected chi connectivity index (χ2v) is 4.05. The van der Waals surface area contributed by atoms with Crippen molar-refractivity contribution in [3.63, 3.8) is 0 Å². The smallest absolute Gasteiger partial charge is 0.111 e. The summed E-state index contributed by atoms with van der Waals surface area (Å²) in [6.07, 6.45) is 9.51. The predicted octanol–water partition coefficient (Wildman–Crippen LogP) is 2.16. The van der Waals surface area contributed by atoms with Crippen LogP contribution in [-0.2, 0) is 4.74 Å². The van der Waals surface area contributed by atoms with E-state index >= 15 is 0 Å². The van der Waals surface area contributed by atoms with E-state index in [1.807, 2.05) is 6.26 Å². The molecule has 13 heavy (non-hydrogen) atoms. The summed E-state index contributed by atoms with van der Waals surface area (Å²) in [6, 6.07) is 0.842. The maximum atomic E-state index is 5.55. The summed E-state index contributed by atoms with van der Waals surface area (Å²) in [5, 5.41) is 0. The average Bonchev–Trinajstić information content (AvgIpc) is 2.15. The molecule has 1 fully saturated rings. The summed E-state index contributed by atoms with van der Waals surface area (Å²) < 4.78 is 5.55. The number of likely N-dealkylation sites (tertiary alicyclic amines) is 1. The second-order valence-electron chi connectivity index (χ2n) is 4.05. The summed E-state index contributed by atoms with van der Waals surface area (Å²) in [5.74, 6) is 0. The number of ether oxygens (including phenoxy) is 1. The van der Waals surface area contributed by atoms with Gasteiger partial charge >= 0.3 is 0 Å². The lowest BCUT2D eigenvalue weighted by molar-refractivity contribution is 0.0157. The molecule has 0 aromatic heterocycles. The molecule has 0 radical (unpaired) electrons. The first kappa shape index (κ1) is 9.07. The maximum Gasteiger partial charge on any atom is 0.111 e. The molecule has 2 unspecified atom stereocenters. The molecule has 1 saturated heterocycles. The number of rotatable bonds is 3. The van der Waals surface area contributed by atoms with Crippen LogP contribution in [0, 0.1) is 0 Å². The highest BCUT2D eigenvalue weighted by Gasteiger charge is 2.28. The average molecular weight is 181 g/mol. The minimum Gasteiger partial charge on any atom is -0.497 e. The van der Waals surface area contributed by atoms with Crippen molar-refractivity contribution < 1.29 is 4.74 Å². The molecule has 74 valence electrons. The van der Waals surface area contributed by atoms with Crippen molar-refractivity contribution in [2.75, 3.05) is 13.1 Å². The molecule has 0 bridgehead atoms. The minimum absolute atomic E-state index is 0.458. The highest BCUT2D eigenvalue weighted by Crippen LogP contribution is 2.22. The third-order valence-corrected chi connectivity index (χ3v) is 3.20. The van der Waals surface area contributed by atoms with Crippen molar-refractivity contribution in [3.8, 4) is 0 Å². The van der Waals surface area contributed by atoms with Crippen LogP contribution in [0.25, 0.3) is 0 Å². The molecule has 0 aliphatic carbocycles. The van der Waals surface area contributed by atoms with Gasteiger partial charge in [-0.2, -0.15) is 0 Å². The van der Waals surface area contributed by atoms with Crippen LogP contribution in [0.2, 0.25) is 0 Å². The van der Waals surface area contributed by atoms with Gasteiger partial charge in [0, 0.05) is 19.1 Å². The fourth-order valence-electron chi connectivity index (χ4n) is 2.18. The molecule has 2 aliphatic heterocycles. The van der Waals surface area contributed by atoms with E-state index in [9.17, 15) is 0 Å². The molecule has 0 saturated carbocycles. The van der Waals surface area contributed by atoms with E-state index in [1.165, 1.54) is 32.2 Å². The molecule has 0 aromatic rings. The lowest BCUT2D eigenvalue weighted by Crippen LogP contribution is -2.50. The van der Waals surface area contributed by atoms with Gasteiger partial charge in [0.1, 0.15) is 6.10 Å². The zero-order chi connectivity index (χ0) is 9.10. The van der Waals surface area contributed by atoms with Crippen LogP contribution in [0.15, 0.2) is 12.3 Å². The predicted molar refractivity (Wildman–Crippen MR) is 53.5 cm³/mol. The van der Waals surface area contributed by atoms with Gasteiger partial charge in [-0.15, -0.1) is 0 Å². The quantitative estimate of drug-likeness (QED) is 0.661. The standard InChI is InChI=1S/C11H19NO/c1-2-10-6-7-12(10)9-11-5-3-4-8-13-11/h4,8,10-11H,2-3,5-7,9H2,1H3. The number of hydrogen-bond donors (Lipinski definition) is 0. The zero-order valence-corrected chi connectivity index (χ0v) is 8.41. The lowest BCUT2D eigenvalue weighted by Gasteiger charge is -2.42. The Labute approximate surface area is 80.6 Å². The van der Waals surface area contributed by atoms with Crippen LogP contribution in [0.1, 0.15) is 32.6 Å². The molecule has 2 heterocycles. The van der Waals surface area contributed by atoms with Gasteiger partial charge in [-0.1, -0.05) is 6.92 Å². The van der Waals surface area contributed by atoms with Gasteiger partial charge in [0.05, 0.1) is 6.26 Å². The first-order chi connectivity index (χ1) is 6.40. The van der Waals surface area contributed by atoms with Gasteiger partial charge in [0.25, 0.3) is 0 Å². The Morgan fingerprint density at radius 1 is 1.46 bits per heavy atom. The summed E-state index contributed by atoms with van der Waals surface area (Å²) in [5.41, 5.74) is 0. The van der Waals surface area contributed by atoms with Gasteiger partial charge in [0.2, 0.25) is 0 Å². The molecule has 2 heteroatoms. The van der Waals surface area contributed by atoms with Gasteiger partial charge in [-0.05, 0) is 31.8 Å². The monoisotopic (exact) mass is 181 g/mol. The van der Waals surface area contributed by atoms with E-state index in [2.05, 4.69) is 17.9 Å². The molecule has 2 atom stereocenters. The summed E-state index contributed by atoms with van der Waals surface area (Å²) in [6.45, 7) is 4.70. The molecule has 0 aromatic carbocycles. The topological polar surface area (TPSA) is 12.5 Å². The largest absolute Gasteiger partial charge is 0.497 e. The molecule has 0 amide bonds. The van der Waals surface area contributed by atoms with Crippen molar-refractivity contribution in [2.24, 2.45) is 0 Å². The van der Waals surface area contributed by atoms with E-state index in [0.717, 1.165) is 12.6 Å². The van der Waals surface area contributed by atoms with Crippen molar-refractivity contribution in [1.82, 2.24) is 4.90 Å². The Bertz CT molecular complexity index is 189. The Kier molecular flexibility index (Phi) is 2.89. The first-order valence-electron chi connectivity index (χ1n) is 5.44. The van der Waals surface area contributed by atoms with Crippen LogP contribution in [-0.4, -0.2) is 30.1 Å². The normalized spacial score (nSPS) is 33.9. The minimum atomic E-state index is 0.458. The zero-order valence-electron chi connectivity index (χ0n) is 8.41. The van der Waals surface area contributed by atoms with E-state index in [1.54, 1.807) is 0 Å². The molecule has 0 N–H and O–H groups in total. The molecular weight excluding hydrogens is 162 g/mol. The third kappa shape index (κ3) is 2.05. The molecule has 2 rings (SSSR count). The SMILES string of the molecule is CCC1CCN1CC1CCC=CO1. The number of allylic oxidation sites excluding steroid dienone is 1. The second kappa shape index (κ2) is 4.14. The van der Waals surface area contributed by atoms with Crippen LogP contribution < -0.4 is 0 Å². The van der Waals surface area contributed by atoms with Crippen molar-refractivity contribution in [1.29, 1.82) is 0 Å². The van der Waals surface area contributed by atoms with Gasteiger partial charge in [-0.3, -0.25) is 4.90 Å². The highest BCUT2D eigenvalue weighted by atomic mass is 16.5. The van der Waals surface area contributed by atoms with Gasteiger partial charge in [-0.25, -0.2) is 0 Å². The highest BCUT2D eigenvalue weighted by molar-refractivity contribution is 4.88.